The van der Waals surface area contributed by atoms with Gasteiger partial charge in [-0.05, 0) is 30.2 Å². The Morgan fingerprint density at radius 3 is 2.69 bits per heavy atom. The third-order valence-electron chi connectivity index (χ3n) is 4.82. The van der Waals surface area contributed by atoms with Crippen molar-refractivity contribution in [3.05, 3.63) is 71.1 Å². The van der Waals surface area contributed by atoms with Crippen molar-refractivity contribution in [2.45, 2.75) is 12.8 Å². The molecule has 0 saturated carbocycles. The molecule has 2 aromatic carbocycles. The Morgan fingerprint density at radius 2 is 2.00 bits per heavy atom. The van der Waals surface area contributed by atoms with Gasteiger partial charge in [0.15, 0.2) is 11.5 Å². The second-order valence-corrected chi connectivity index (χ2v) is 6.45. The summed E-state index contributed by atoms with van der Waals surface area (Å²) in [5.74, 6) is 1.17. The molecule has 0 spiro atoms. The fraction of sp³-hybridized carbons (Fsp3) is 0.182. The SMILES string of the molecule is CCOc1ccc([C@H]2C(C#N)=C(N)Oc3n[nH]c(-c4ccccc4)c32)cc1OC. The molecule has 0 aliphatic carbocycles. The van der Waals surface area contributed by atoms with Gasteiger partial charge in [0.05, 0.1) is 30.9 Å². The van der Waals surface area contributed by atoms with Crippen molar-refractivity contribution in [3.63, 3.8) is 0 Å². The molecule has 1 atom stereocenters. The van der Waals surface area contributed by atoms with E-state index in [9.17, 15) is 5.26 Å². The maximum absolute atomic E-state index is 9.83. The Bertz CT molecular complexity index is 1110. The maximum atomic E-state index is 9.83. The van der Waals surface area contributed by atoms with Gasteiger partial charge < -0.3 is 19.9 Å². The number of allylic oxidation sites excluding steroid dienone is 1. The highest BCUT2D eigenvalue weighted by molar-refractivity contribution is 5.71. The number of H-pyrrole nitrogens is 1. The predicted octanol–water partition coefficient (Wildman–Crippen LogP) is 3.70. The van der Waals surface area contributed by atoms with Gasteiger partial charge in [-0.3, -0.25) is 5.10 Å². The van der Waals surface area contributed by atoms with Crippen molar-refractivity contribution < 1.29 is 14.2 Å². The summed E-state index contributed by atoms with van der Waals surface area (Å²) >= 11 is 0. The van der Waals surface area contributed by atoms with Crippen LogP contribution in [0.5, 0.6) is 17.4 Å². The molecule has 0 bridgehead atoms. The number of nitrogens with two attached hydrogens (primary N) is 1. The minimum Gasteiger partial charge on any atom is -0.493 e. The van der Waals surface area contributed by atoms with Crippen molar-refractivity contribution >= 4 is 0 Å². The van der Waals surface area contributed by atoms with Crippen molar-refractivity contribution in [2.24, 2.45) is 5.73 Å². The van der Waals surface area contributed by atoms with Gasteiger partial charge in [-0.15, -0.1) is 5.10 Å². The smallest absolute Gasteiger partial charge is 0.244 e. The quantitative estimate of drug-likeness (QED) is 0.690. The lowest BCUT2D eigenvalue weighted by atomic mass is 9.83. The molecule has 146 valence electrons. The van der Waals surface area contributed by atoms with E-state index in [4.69, 9.17) is 19.9 Å². The van der Waals surface area contributed by atoms with Crippen LogP contribution < -0.4 is 19.9 Å². The molecule has 7 heteroatoms. The Morgan fingerprint density at radius 1 is 1.21 bits per heavy atom. The fourth-order valence-corrected chi connectivity index (χ4v) is 3.54. The first-order valence-electron chi connectivity index (χ1n) is 9.19. The first-order chi connectivity index (χ1) is 14.2. The molecule has 0 saturated heterocycles. The Kier molecular flexibility index (Phi) is 4.83. The summed E-state index contributed by atoms with van der Waals surface area (Å²) in [6.45, 7) is 2.43. The van der Waals surface area contributed by atoms with Gasteiger partial charge in [-0.25, -0.2) is 0 Å². The zero-order chi connectivity index (χ0) is 20.4. The number of aromatic nitrogens is 2. The monoisotopic (exact) mass is 388 g/mol. The average Bonchev–Trinajstić information content (AvgIpc) is 3.17. The summed E-state index contributed by atoms with van der Waals surface area (Å²) in [5, 5.41) is 17.2. The fourth-order valence-electron chi connectivity index (χ4n) is 3.54. The van der Waals surface area contributed by atoms with Crippen LogP contribution in [0.3, 0.4) is 0 Å². The standard InChI is InChI=1S/C22H20N4O3/c1-3-28-16-10-9-14(11-17(16)27-2)18-15(12-23)21(24)29-22-19(18)20(25-26-22)13-7-5-4-6-8-13/h4-11,18H,3,24H2,1-2H3,(H,25,26)/t18-/m0/s1. The average molecular weight is 388 g/mol. The minimum absolute atomic E-state index is 0.0453. The van der Waals surface area contributed by atoms with E-state index < -0.39 is 5.92 Å². The number of hydrogen-bond donors (Lipinski definition) is 2. The van der Waals surface area contributed by atoms with Gasteiger partial charge in [0, 0.05) is 0 Å². The van der Waals surface area contributed by atoms with Gasteiger partial charge in [-0.2, -0.15) is 5.26 Å². The lowest BCUT2D eigenvalue weighted by Gasteiger charge is -2.24. The van der Waals surface area contributed by atoms with E-state index in [1.165, 1.54) is 0 Å². The van der Waals surface area contributed by atoms with E-state index in [1.807, 2.05) is 55.5 Å². The van der Waals surface area contributed by atoms with Crippen LogP contribution >= 0.6 is 0 Å². The molecule has 1 aromatic heterocycles. The molecule has 2 heterocycles. The van der Waals surface area contributed by atoms with Crippen LogP contribution in [-0.4, -0.2) is 23.9 Å². The highest BCUT2D eigenvalue weighted by Crippen LogP contribution is 2.46. The molecule has 0 fully saturated rings. The van der Waals surface area contributed by atoms with E-state index in [0.29, 0.717) is 29.6 Å². The molecule has 4 rings (SSSR count). The predicted molar refractivity (Wildman–Crippen MR) is 107 cm³/mol. The maximum Gasteiger partial charge on any atom is 0.244 e. The third-order valence-corrected chi connectivity index (χ3v) is 4.82. The van der Waals surface area contributed by atoms with Crippen LogP contribution in [0.2, 0.25) is 0 Å². The number of fused-ring (bicyclic) bond motifs is 1. The second kappa shape index (κ2) is 7.60. The molecule has 3 N–H and O–H groups in total. The zero-order valence-corrected chi connectivity index (χ0v) is 16.1. The number of benzene rings is 2. The van der Waals surface area contributed by atoms with Crippen LogP contribution in [-0.2, 0) is 0 Å². The molecule has 1 aliphatic heterocycles. The Labute approximate surface area is 168 Å². The van der Waals surface area contributed by atoms with Gasteiger partial charge in [0.25, 0.3) is 0 Å². The highest BCUT2D eigenvalue weighted by atomic mass is 16.5. The van der Waals surface area contributed by atoms with Crippen LogP contribution in [0.4, 0.5) is 0 Å². The van der Waals surface area contributed by atoms with Crippen molar-refractivity contribution in [2.75, 3.05) is 13.7 Å². The van der Waals surface area contributed by atoms with E-state index in [0.717, 1.165) is 22.4 Å². The van der Waals surface area contributed by atoms with Crippen LogP contribution in [0, 0.1) is 11.3 Å². The first-order valence-corrected chi connectivity index (χ1v) is 9.19. The number of ether oxygens (including phenoxy) is 3. The zero-order valence-electron chi connectivity index (χ0n) is 16.1. The molecule has 7 nitrogen and oxygen atoms in total. The van der Waals surface area contributed by atoms with Gasteiger partial charge in [0.1, 0.15) is 11.6 Å². The summed E-state index contributed by atoms with van der Waals surface area (Å²) in [5.41, 5.74) is 9.67. The summed E-state index contributed by atoms with van der Waals surface area (Å²) in [6, 6.07) is 17.6. The second-order valence-electron chi connectivity index (χ2n) is 6.45. The molecular formula is C22H20N4O3. The first kappa shape index (κ1) is 18.4. The number of nitriles is 1. The molecular weight excluding hydrogens is 368 g/mol. The van der Waals surface area contributed by atoms with Crippen molar-refractivity contribution in [1.29, 1.82) is 5.26 Å². The molecule has 1 aliphatic rings. The number of methoxy groups -OCH3 is 1. The van der Waals surface area contributed by atoms with E-state index >= 15 is 0 Å². The molecule has 0 amide bonds. The largest absolute Gasteiger partial charge is 0.493 e. The van der Waals surface area contributed by atoms with Crippen molar-refractivity contribution in [1.82, 2.24) is 10.2 Å². The summed E-state index contributed by atoms with van der Waals surface area (Å²) in [6.07, 6.45) is 0. The number of hydrogen-bond acceptors (Lipinski definition) is 6. The molecule has 29 heavy (non-hydrogen) atoms. The minimum atomic E-state index is -0.456. The topological polar surface area (TPSA) is 106 Å². The number of nitrogens with zero attached hydrogens (tertiary/aromatic N) is 2. The van der Waals surface area contributed by atoms with Crippen LogP contribution in [0.15, 0.2) is 60.0 Å². The number of rotatable bonds is 5. The van der Waals surface area contributed by atoms with Gasteiger partial charge in [0.2, 0.25) is 11.8 Å². The van der Waals surface area contributed by atoms with E-state index in [-0.39, 0.29) is 5.88 Å². The lowest BCUT2D eigenvalue weighted by molar-refractivity contribution is 0.310. The van der Waals surface area contributed by atoms with Crippen LogP contribution in [0.25, 0.3) is 11.3 Å². The van der Waals surface area contributed by atoms with E-state index in [1.54, 1.807) is 7.11 Å². The summed E-state index contributed by atoms with van der Waals surface area (Å²) in [4.78, 5) is 0. The van der Waals surface area contributed by atoms with E-state index in [2.05, 4.69) is 16.3 Å². The third kappa shape index (κ3) is 3.15. The Balaban J connectivity index is 1.91. The normalized spacial score (nSPS) is 15.3. The summed E-state index contributed by atoms with van der Waals surface area (Å²) < 4.78 is 16.8. The molecule has 0 unspecified atom stereocenters. The van der Waals surface area contributed by atoms with Crippen LogP contribution in [0.1, 0.15) is 24.0 Å². The molecule has 3 aromatic rings. The van der Waals surface area contributed by atoms with Gasteiger partial charge in [-0.1, -0.05) is 36.4 Å². The molecule has 0 radical (unpaired) electrons. The highest BCUT2D eigenvalue weighted by Gasteiger charge is 2.36. The Hall–Kier alpha value is -3.92. The summed E-state index contributed by atoms with van der Waals surface area (Å²) in [7, 11) is 1.58. The van der Waals surface area contributed by atoms with Crippen molar-refractivity contribution in [3.8, 4) is 34.7 Å². The van der Waals surface area contributed by atoms with Gasteiger partial charge >= 0.3 is 0 Å². The number of aromatic amines is 1. The number of nitrogens with one attached hydrogen (secondary N) is 1. The lowest BCUT2D eigenvalue weighted by Crippen LogP contribution is -2.21.